The highest BCUT2D eigenvalue weighted by Crippen LogP contribution is 2.18. The van der Waals surface area contributed by atoms with Crippen LogP contribution in [0.5, 0.6) is 0 Å². The maximum Gasteiger partial charge on any atom is 0.242 e. The Kier molecular flexibility index (Phi) is 4.69. The van der Waals surface area contributed by atoms with Crippen molar-refractivity contribution in [3.05, 3.63) is 42.2 Å². The number of hydrogen-bond acceptors (Lipinski definition) is 2. The second kappa shape index (κ2) is 6.03. The minimum absolute atomic E-state index is 0.145. The van der Waals surface area contributed by atoms with Crippen LogP contribution in [0.15, 0.2) is 30.9 Å². The van der Waals surface area contributed by atoms with Crippen molar-refractivity contribution in [2.45, 2.75) is 19.9 Å². The summed E-state index contributed by atoms with van der Waals surface area (Å²) in [6.07, 6.45) is 1.61. The topological polar surface area (TPSA) is 41.1 Å². The molecule has 92 valence electrons. The molecule has 1 amide bonds. The Morgan fingerprint density at radius 2 is 2.29 bits per heavy atom. The molecule has 1 rings (SSSR count). The van der Waals surface area contributed by atoms with Crippen molar-refractivity contribution in [3.8, 4) is 0 Å². The molecule has 4 heteroatoms. The number of carbonyl (C=O) groups is 1. The monoisotopic (exact) mass is 236 g/mol. The van der Waals surface area contributed by atoms with Crippen LogP contribution >= 0.6 is 0 Å². The molecule has 0 bridgehead atoms. The van der Waals surface area contributed by atoms with Gasteiger partial charge in [0.1, 0.15) is 11.9 Å². The van der Waals surface area contributed by atoms with Gasteiger partial charge in [0.25, 0.3) is 0 Å². The standard InChI is InChI=1S/C13H17FN2O/c1-4-8-15-13(17)10(3)16-12-7-5-6-11(14)9(12)2/h4-7,10,16H,1,8H2,2-3H3,(H,15,17). The van der Waals surface area contributed by atoms with Gasteiger partial charge in [-0.1, -0.05) is 12.1 Å². The zero-order valence-electron chi connectivity index (χ0n) is 10.1. The largest absolute Gasteiger partial charge is 0.374 e. The molecule has 0 aliphatic carbocycles. The summed E-state index contributed by atoms with van der Waals surface area (Å²) in [5.41, 5.74) is 1.14. The van der Waals surface area contributed by atoms with Crippen LogP contribution in [0.4, 0.5) is 10.1 Å². The van der Waals surface area contributed by atoms with Crippen LogP contribution < -0.4 is 10.6 Å². The zero-order valence-corrected chi connectivity index (χ0v) is 10.1. The molecule has 1 aromatic rings. The molecular formula is C13H17FN2O. The Balaban J connectivity index is 2.67. The lowest BCUT2D eigenvalue weighted by Gasteiger charge is -2.16. The first-order valence-corrected chi connectivity index (χ1v) is 5.46. The number of hydrogen-bond donors (Lipinski definition) is 2. The average molecular weight is 236 g/mol. The van der Waals surface area contributed by atoms with Gasteiger partial charge in [0.15, 0.2) is 0 Å². The smallest absolute Gasteiger partial charge is 0.242 e. The molecule has 0 aromatic heterocycles. The fourth-order valence-electron chi connectivity index (χ4n) is 1.39. The third kappa shape index (κ3) is 3.59. The van der Waals surface area contributed by atoms with E-state index in [1.807, 2.05) is 0 Å². The second-order valence-corrected chi connectivity index (χ2v) is 3.81. The van der Waals surface area contributed by atoms with Crippen molar-refractivity contribution in [2.75, 3.05) is 11.9 Å². The first-order chi connectivity index (χ1) is 8.06. The van der Waals surface area contributed by atoms with Crippen LogP contribution in [0.25, 0.3) is 0 Å². The minimum atomic E-state index is -0.421. The van der Waals surface area contributed by atoms with Crippen LogP contribution in [-0.4, -0.2) is 18.5 Å². The molecule has 17 heavy (non-hydrogen) atoms. The van der Waals surface area contributed by atoms with Gasteiger partial charge in [0.2, 0.25) is 5.91 Å². The van der Waals surface area contributed by atoms with Crippen molar-refractivity contribution < 1.29 is 9.18 Å². The highest BCUT2D eigenvalue weighted by Gasteiger charge is 2.13. The first-order valence-electron chi connectivity index (χ1n) is 5.46. The van der Waals surface area contributed by atoms with Crippen LogP contribution in [0, 0.1) is 12.7 Å². The minimum Gasteiger partial charge on any atom is -0.374 e. The van der Waals surface area contributed by atoms with Gasteiger partial charge in [-0.25, -0.2) is 4.39 Å². The van der Waals surface area contributed by atoms with Crippen LogP contribution in [-0.2, 0) is 4.79 Å². The van der Waals surface area contributed by atoms with E-state index in [0.717, 1.165) is 0 Å². The number of anilines is 1. The summed E-state index contributed by atoms with van der Waals surface area (Å²) in [5, 5.41) is 5.65. The van der Waals surface area contributed by atoms with E-state index < -0.39 is 6.04 Å². The molecule has 0 saturated carbocycles. The zero-order chi connectivity index (χ0) is 12.8. The molecular weight excluding hydrogens is 219 g/mol. The van der Waals surface area contributed by atoms with E-state index in [0.29, 0.717) is 17.8 Å². The maximum absolute atomic E-state index is 13.3. The summed E-state index contributed by atoms with van der Waals surface area (Å²) in [5.74, 6) is -0.428. The lowest BCUT2D eigenvalue weighted by atomic mass is 10.1. The van der Waals surface area contributed by atoms with Gasteiger partial charge < -0.3 is 10.6 Å². The Labute approximate surface area is 101 Å². The van der Waals surface area contributed by atoms with E-state index in [2.05, 4.69) is 17.2 Å². The molecule has 2 N–H and O–H groups in total. The average Bonchev–Trinajstić information content (AvgIpc) is 2.31. The third-order valence-electron chi connectivity index (χ3n) is 2.45. The van der Waals surface area contributed by atoms with Gasteiger partial charge in [-0.15, -0.1) is 6.58 Å². The first kappa shape index (κ1) is 13.2. The summed E-state index contributed by atoms with van der Waals surface area (Å²) >= 11 is 0. The highest BCUT2D eigenvalue weighted by atomic mass is 19.1. The highest BCUT2D eigenvalue weighted by molar-refractivity contribution is 5.84. The van der Waals surface area contributed by atoms with Crippen LogP contribution in [0.3, 0.4) is 0 Å². The van der Waals surface area contributed by atoms with Gasteiger partial charge in [0, 0.05) is 17.8 Å². The van der Waals surface area contributed by atoms with Crippen LogP contribution in [0.1, 0.15) is 12.5 Å². The van der Waals surface area contributed by atoms with E-state index in [-0.39, 0.29) is 11.7 Å². The van der Waals surface area contributed by atoms with E-state index in [9.17, 15) is 9.18 Å². The van der Waals surface area contributed by atoms with Crippen molar-refractivity contribution in [3.63, 3.8) is 0 Å². The van der Waals surface area contributed by atoms with Crippen LogP contribution in [0.2, 0.25) is 0 Å². The Bertz CT molecular complexity index is 418. The number of carbonyl (C=O) groups excluding carboxylic acids is 1. The molecule has 0 fully saturated rings. The molecule has 0 aliphatic rings. The van der Waals surface area contributed by atoms with Gasteiger partial charge in [-0.3, -0.25) is 4.79 Å². The summed E-state index contributed by atoms with van der Waals surface area (Å²) in [7, 11) is 0. The molecule has 1 aromatic carbocycles. The summed E-state index contributed by atoms with van der Waals surface area (Å²) in [4.78, 5) is 11.6. The van der Waals surface area contributed by atoms with Gasteiger partial charge in [0.05, 0.1) is 0 Å². The Hall–Kier alpha value is -1.84. The third-order valence-corrected chi connectivity index (χ3v) is 2.45. The van der Waals surface area contributed by atoms with Gasteiger partial charge >= 0.3 is 0 Å². The van der Waals surface area contributed by atoms with Gasteiger partial charge in [-0.2, -0.15) is 0 Å². The van der Waals surface area contributed by atoms with Crippen molar-refractivity contribution in [1.82, 2.24) is 5.32 Å². The van der Waals surface area contributed by atoms with Gasteiger partial charge in [-0.05, 0) is 26.0 Å². The van der Waals surface area contributed by atoms with E-state index in [1.54, 1.807) is 32.1 Å². The summed E-state index contributed by atoms with van der Waals surface area (Å²) in [6, 6.07) is 4.33. The normalized spacial score (nSPS) is 11.7. The molecule has 0 radical (unpaired) electrons. The lowest BCUT2D eigenvalue weighted by molar-refractivity contribution is -0.121. The fraction of sp³-hybridized carbons (Fsp3) is 0.308. The SMILES string of the molecule is C=CCNC(=O)C(C)Nc1cccc(F)c1C. The number of benzene rings is 1. The maximum atomic E-state index is 13.3. The number of amides is 1. The van der Waals surface area contributed by atoms with E-state index in [4.69, 9.17) is 0 Å². The van der Waals surface area contributed by atoms with E-state index >= 15 is 0 Å². The quantitative estimate of drug-likeness (QED) is 0.770. The summed E-state index contributed by atoms with van der Waals surface area (Å²) < 4.78 is 13.3. The molecule has 3 nitrogen and oxygen atoms in total. The number of nitrogens with one attached hydrogen (secondary N) is 2. The number of rotatable bonds is 5. The number of halogens is 1. The summed E-state index contributed by atoms with van der Waals surface area (Å²) in [6.45, 7) is 7.34. The van der Waals surface area contributed by atoms with E-state index in [1.165, 1.54) is 6.07 Å². The van der Waals surface area contributed by atoms with Crippen molar-refractivity contribution in [1.29, 1.82) is 0 Å². The fourth-order valence-corrected chi connectivity index (χ4v) is 1.39. The molecule has 1 unspecified atom stereocenters. The van der Waals surface area contributed by atoms with Crippen molar-refractivity contribution in [2.24, 2.45) is 0 Å². The molecule has 0 spiro atoms. The van der Waals surface area contributed by atoms with Crippen molar-refractivity contribution >= 4 is 11.6 Å². The lowest BCUT2D eigenvalue weighted by Crippen LogP contribution is -2.37. The Morgan fingerprint density at radius 1 is 1.59 bits per heavy atom. The second-order valence-electron chi connectivity index (χ2n) is 3.81. The molecule has 0 heterocycles. The predicted octanol–water partition coefficient (Wildman–Crippen LogP) is 2.24. The predicted molar refractivity (Wildman–Crippen MR) is 67.4 cm³/mol. The Morgan fingerprint density at radius 3 is 2.94 bits per heavy atom. The molecule has 0 saturated heterocycles. The molecule has 0 aliphatic heterocycles. The molecule has 1 atom stereocenters.